The van der Waals surface area contributed by atoms with Crippen molar-refractivity contribution in [3.63, 3.8) is 0 Å². The van der Waals surface area contributed by atoms with Crippen molar-refractivity contribution in [2.75, 3.05) is 5.73 Å². The minimum Gasteiger partial charge on any atom is -0.398 e. The summed E-state index contributed by atoms with van der Waals surface area (Å²) in [6.07, 6.45) is 0. The number of nitrogens with zero attached hydrogens (tertiary/aromatic N) is 1. The second-order valence-electron chi connectivity index (χ2n) is 3.75. The SMILES string of the molecule is N#CC(c1ccccc1)c1ccc(N)c(Cl)c1. The molecule has 0 amide bonds. The van der Waals surface area contributed by atoms with Gasteiger partial charge in [0.2, 0.25) is 0 Å². The van der Waals surface area contributed by atoms with E-state index < -0.39 is 0 Å². The third kappa shape index (κ3) is 2.41. The molecule has 0 fully saturated rings. The fourth-order valence-corrected chi connectivity index (χ4v) is 1.90. The van der Waals surface area contributed by atoms with Gasteiger partial charge in [-0.3, -0.25) is 0 Å². The Hall–Kier alpha value is -1.98. The topological polar surface area (TPSA) is 49.8 Å². The average molecular weight is 243 g/mol. The van der Waals surface area contributed by atoms with Crippen molar-refractivity contribution >= 4 is 17.3 Å². The van der Waals surface area contributed by atoms with Gasteiger partial charge in [0, 0.05) is 0 Å². The molecule has 2 aromatic rings. The van der Waals surface area contributed by atoms with Gasteiger partial charge < -0.3 is 5.73 Å². The Morgan fingerprint density at radius 1 is 1.06 bits per heavy atom. The highest BCUT2D eigenvalue weighted by Gasteiger charge is 2.13. The molecule has 0 saturated heterocycles. The van der Waals surface area contributed by atoms with Crippen LogP contribution in [0, 0.1) is 11.3 Å². The number of halogens is 1. The quantitative estimate of drug-likeness (QED) is 0.819. The van der Waals surface area contributed by atoms with Gasteiger partial charge in [0.1, 0.15) is 0 Å². The fraction of sp³-hybridized carbons (Fsp3) is 0.0714. The number of rotatable bonds is 2. The molecule has 0 radical (unpaired) electrons. The van der Waals surface area contributed by atoms with E-state index in [2.05, 4.69) is 6.07 Å². The van der Waals surface area contributed by atoms with Crippen LogP contribution in [0.5, 0.6) is 0 Å². The molecule has 2 N–H and O–H groups in total. The number of nitrogen functional groups attached to an aromatic ring is 1. The Bertz CT molecular complexity index is 558. The zero-order chi connectivity index (χ0) is 12.3. The molecular weight excluding hydrogens is 232 g/mol. The molecule has 2 aromatic carbocycles. The van der Waals surface area contributed by atoms with Gasteiger partial charge in [0.05, 0.1) is 22.7 Å². The van der Waals surface area contributed by atoms with Crippen LogP contribution in [0.3, 0.4) is 0 Å². The molecule has 0 aliphatic rings. The van der Waals surface area contributed by atoms with Crippen molar-refractivity contribution < 1.29 is 0 Å². The molecule has 1 atom stereocenters. The second kappa shape index (κ2) is 4.90. The van der Waals surface area contributed by atoms with E-state index in [-0.39, 0.29) is 5.92 Å². The zero-order valence-electron chi connectivity index (χ0n) is 9.10. The highest BCUT2D eigenvalue weighted by atomic mass is 35.5. The summed E-state index contributed by atoms with van der Waals surface area (Å²) in [4.78, 5) is 0. The molecule has 17 heavy (non-hydrogen) atoms. The Morgan fingerprint density at radius 3 is 2.35 bits per heavy atom. The molecule has 0 bridgehead atoms. The first-order chi connectivity index (χ1) is 8.22. The summed E-state index contributed by atoms with van der Waals surface area (Å²) in [5.41, 5.74) is 8.00. The summed E-state index contributed by atoms with van der Waals surface area (Å²) >= 11 is 5.97. The van der Waals surface area contributed by atoms with Crippen molar-refractivity contribution in [1.29, 1.82) is 5.26 Å². The van der Waals surface area contributed by atoms with E-state index in [0.29, 0.717) is 10.7 Å². The molecule has 1 unspecified atom stereocenters. The average Bonchev–Trinajstić information content (AvgIpc) is 2.36. The lowest BCUT2D eigenvalue weighted by molar-refractivity contribution is 1.04. The first-order valence-electron chi connectivity index (χ1n) is 5.22. The number of benzene rings is 2. The smallest absolute Gasteiger partial charge is 0.0963 e. The van der Waals surface area contributed by atoms with Gasteiger partial charge in [-0.05, 0) is 23.3 Å². The molecule has 2 nitrogen and oxygen atoms in total. The predicted molar refractivity (Wildman–Crippen MR) is 69.8 cm³/mol. The second-order valence-corrected chi connectivity index (χ2v) is 4.16. The third-order valence-corrected chi connectivity index (χ3v) is 2.95. The van der Waals surface area contributed by atoms with Crippen molar-refractivity contribution in [2.45, 2.75) is 5.92 Å². The maximum atomic E-state index is 9.27. The highest BCUT2D eigenvalue weighted by Crippen LogP contribution is 2.28. The van der Waals surface area contributed by atoms with E-state index in [0.717, 1.165) is 11.1 Å². The molecule has 0 aromatic heterocycles. The Balaban J connectivity index is 2.44. The van der Waals surface area contributed by atoms with Crippen LogP contribution in [0.1, 0.15) is 17.0 Å². The molecule has 0 aliphatic heterocycles. The molecule has 0 heterocycles. The van der Waals surface area contributed by atoms with Crippen LogP contribution in [0.25, 0.3) is 0 Å². The fourth-order valence-electron chi connectivity index (χ4n) is 1.71. The summed E-state index contributed by atoms with van der Waals surface area (Å²) < 4.78 is 0. The van der Waals surface area contributed by atoms with Crippen molar-refractivity contribution in [1.82, 2.24) is 0 Å². The molecule has 2 rings (SSSR count). The van der Waals surface area contributed by atoms with E-state index in [1.165, 1.54) is 0 Å². The van der Waals surface area contributed by atoms with Gasteiger partial charge in [0.25, 0.3) is 0 Å². The number of nitrogens with two attached hydrogens (primary N) is 1. The van der Waals surface area contributed by atoms with Crippen LogP contribution in [-0.4, -0.2) is 0 Å². The zero-order valence-corrected chi connectivity index (χ0v) is 9.85. The summed E-state index contributed by atoms with van der Waals surface area (Å²) in [6.45, 7) is 0. The number of anilines is 1. The van der Waals surface area contributed by atoms with Crippen LogP contribution in [0.2, 0.25) is 5.02 Å². The van der Waals surface area contributed by atoms with Crippen LogP contribution < -0.4 is 5.73 Å². The maximum absolute atomic E-state index is 9.27. The van der Waals surface area contributed by atoms with Gasteiger partial charge >= 0.3 is 0 Å². The van der Waals surface area contributed by atoms with E-state index in [1.54, 1.807) is 12.1 Å². The van der Waals surface area contributed by atoms with Crippen LogP contribution in [0.4, 0.5) is 5.69 Å². The summed E-state index contributed by atoms with van der Waals surface area (Å²) in [5, 5.41) is 9.75. The first-order valence-corrected chi connectivity index (χ1v) is 5.59. The van der Waals surface area contributed by atoms with Crippen LogP contribution in [-0.2, 0) is 0 Å². The maximum Gasteiger partial charge on any atom is 0.0963 e. The summed E-state index contributed by atoms with van der Waals surface area (Å²) in [5.74, 6) is -0.311. The largest absolute Gasteiger partial charge is 0.398 e. The Morgan fingerprint density at radius 2 is 1.76 bits per heavy atom. The molecule has 0 spiro atoms. The lowest BCUT2D eigenvalue weighted by Crippen LogP contribution is -1.98. The van der Waals surface area contributed by atoms with E-state index in [9.17, 15) is 5.26 Å². The minimum atomic E-state index is -0.311. The lowest BCUT2D eigenvalue weighted by Gasteiger charge is -2.10. The van der Waals surface area contributed by atoms with Gasteiger partial charge in [-0.2, -0.15) is 5.26 Å². The standard InChI is InChI=1S/C14H11ClN2/c15-13-8-11(6-7-14(13)17)12(9-16)10-4-2-1-3-5-10/h1-8,12H,17H2. The van der Waals surface area contributed by atoms with Gasteiger partial charge in [-0.25, -0.2) is 0 Å². The Kier molecular flexibility index (Phi) is 3.32. The van der Waals surface area contributed by atoms with Crippen LogP contribution in [0.15, 0.2) is 48.5 Å². The van der Waals surface area contributed by atoms with Crippen molar-refractivity contribution in [2.24, 2.45) is 0 Å². The third-order valence-electron chi connectivity index (χ3n) is 2.62. The Labute approximate surface area is 105 Å². The first kappa shape index (κ1) is 11.5. The van der Waals surface area contributed by atoms with E-state index >= 15 is 0 Å². The highest BCUT2D eigenvalue weighted by molar-refractivity contribution is 6.33. The predicted octanol–water partition coefficient (Wildman–Crippen LogP) is 3.58. The molecule has 3 heteroatoms. The van der Waals surface area contributed by atoms with E-state index in [4.69, 9.17) is 17.3 Å². The van der Waals surface area contributed by atoms with E-state index in [1.807, 2.05) is 36.4 Å². The normalized spacial score (nSPS) is 11.8. The van der Waals surface area contributed by atoms with Crippen molar-refractivity contribution in [3.8, 4) is 6.07 Å². The molecule has 84 valence electrons. The number of hydrogen-bond donors (Lipinski definition) is 1. The minimum absolute atomic E-state index is 0.311. The van der Waals surface area contributed by atoms with Gasteiger partial charge in [-0.1, -0.05) is 48.0 Å². The molecule has 0 aliphatic carbocycles. The monoisotopic (exact) mass is 242 g/mol. The number of hydrogen-bond acceptors (Lipinski definition) is 2. The van der Waals surface area contributed by atoms with Crippen molar-refractivity contribution in [3.05, 3.63) is 64.7 Å². The lowest BCUT2D eigenvalue weighted by atomic mass is 9.92. The summed E-state index contributed by atoms with van der Waals surface area (Å²) in [7, 11) is 0. The van der Waals surface area contributed by atoms with Gasteiger partial charge in [-0.15, -0.1) is 0 Å². The summed E-state index contributed by atoms with van der Waals surface area (Å²) in [6, 6.07) is 17.2. The number of nitriles is 1. The van der Waals surface area contributed by atoms with Gasteiger partial charge in [0.15, 0.2) is 0 Å². The molecule has 0 saturated carbocycles. The van der Waals surface area contributed by atoms with Crippen LogP contribution >= 0.6 is 11.6 Å². The molecular formula is C14H11ClN2.